The molecule has 252 valence electrons. The summed E-state index contributed by atoms with van der Waals surface area (Å²) in [5.74, 6) is -0.291. The minimum Gasteiger partial charge on any atom is -0.461 e. The van der Waals surface area contributed by atoms with Crippen LogP contribution in [-0.2, 0) is 34.7 Å². The number of fused-ring (bicyclic) bond motifs is 1. The maximum Gasteiger partial charge on any atom is 0.459 e. The van der Waals surface area contributed by atoms with Gasteiger partial charge in [0.15, 0.2) is 5.82 Å². The van der Waals surface area contributed by atoms with Crippen molar-refractivity contribution in [2.45, 2.75) is 69.9 Å². The van der Waals surface area contributed by atoms with Crippen molar-refractivity contribution < 1.29 is 42.8 Å². The smallest absolute Gasteiger partial charge is 0.459 e. The predicted octanol–water partition coefficient (Wildman–Crippen LogP) is 3.58. The topological polar surface area (TPSA) is 189 Å². The predicted molar refractivity (Wildman–Crippen MR) is 171 cm³/mol. The average molecular weight is 670 g/mol. The van der Waals surface area contributed by atoms with Gasteiger partial charge >= 0.3 is 13.7 Å². The molecule has 14 nitrogen and oxygen atoms in total. The summed E-state index contributed by atoms with van der Waals surface area (Å²) in [6.45, 7) is 6.31. The van der Waals surface area contributed by atoms with Crippen LogP contribution in [0.1, 0.15) is 45.1 Å². The lowest BCUT2D eigenvalue weighted by atomic mass is 9.97. The van der Waals surface area contributed by atoms with Gasteiger partial charge in [0.1, 0.15) is 54.2 Å². The van der Waals surface area contributed by atoms with Crippen molar-refractivity contribution in [2.24, 2.45) is 0 Å². The summed E-state index contributed by atoms with van der Waals surface area (Å²) in [5.41, 5.74) is 5.46. The molecular weight excluding hydrogens is 629 g/mol. The van der Waals surface area contributed by atoms with Gasteiger partial charge < -0.3 is 34.7 Å². The van der Waals surface area contributed by atoms with Gasteiger partial charge in [-0.15, -0.1) is 0 Å². The Hall–Kier alpha value is -3.88. The van der Waals surface area contributed by atoms with Gasteiger partial charge in [0.05, 0.1) is 24.5 Å². The zero-order valence-corrected chi connectivity index (χ0v) is 27.4. The summed E-state index contributed by atoms with van der Waals surface area (Å²) in [6.07, 6.45) is -2.65. The minimum atomic E-state index is -4.33. The number of nitrogen functional groups attached to an aromatic ring is 1. The highest BCUT2D eigenvalue weighted by Gasteiger charge is 2.54. The van der Waals surface area contributed by atoms with Crippen LogP contribution >= 0.6 is 7.75 Å². The van der Waals surface area contributed by atoms with E-state index in [1.54, 1.807) is 56.3 Å². The fourth-order valence-electron chi connectivity index (χ4n) is 4.98. The lowest BCUT2D eigenvalue weighted by Gasteiger charge is -2.30. The van der Waals surface area contributed by atoms with E-state index in [-0.39, 0.29) is 18.2 Å². The summed E-state index contributed by atoms with van der Waals surface area (Å²) in [6, 6.07) is 20.0. The van der Waals surface area contributed by atoms with Crippen molar-refractivity contribution in [3.63, 3.8) is 0 Å². The van der Waals surface area contributed by atoms with Gasteiger partial charge in [-0.3, -0.25) is 9.32 Å². The number of nitrogens with two attached hydrogens (primary N) is 1. The first-order valence-electron chi connectivity index (χ1n) is 15.0. The second-order valence-corrected chi connectivity index (χ2v) is 13.8. The Kier molecular flexibility index (Phi) is 10.3. The van der Waals surface area contributed by atoms with Gasteiger partial charge in [-0.1, -0.05) is 48.5 Å². The van der Waals surface area contributed by atoms with E-state index < -0.39 is 55.9 Å². The number of benzene rings is 2. The van der Waals surface area contributed by atoms with E-state index in [2.05, 4.69) is 15.2 Å². The lowest BCUT2D eigenvalue weighted by Crippen LogP contribution is -2.45. The molecule has 0 spiro atoms. The fraction of sp³-hybridized carbons (Fsp3) is 0.406. The number of aliphatic hydroxyl groups is 2. The molecular formula is C32H40N5O9P. The van der Waals surface area contributed by atoms with Crippen LogP contribution in [0.5, 0.6) is 5.75 Å². The van der Waals surface area contributed by atoms with Crippen molar-refractivity contribution in [1.82, 2.24) is 19.7 Å². The first-order valence-corrected chi connectivity index (χ1v) is 16.6. The molecule has 3 heterocycles. The maximum atomic E-state index is 14.1. The summed E-state index contributed by atoms with van der Waals surface area (Å²) >= 11 is 0. The molecule has 5 N–H and O–H groups in total. The number of aromatic nitrogens is 3. The van der Waals surface area contributed by atoms with Gasteiger partial charge in [-0.25, -0.2) is 14.1 Å². The molecule has 0 radical (unpaired) electrons. The Labute approximate surface area is 272 Å². The number of esters is 1. The third-order valence-corrected chi connectivity index (χ3v) is 9.31. The van der Waals surface area contributed by atoms with Gasteiger partial charge in [0.25, 0.3) is 0 Å². The largest absolute Gasteiger partial charge is 0.461 e. The Morgan fingerprint density at radius 2 is 1.81 bits per heavy atom. The Bertz CT molecular complexity index is 1710. The van der Waals surface area contributed by atoms with Crippen molar-refractivity contribution in [3.05, 3.63) is 90.4 Å². The van der Waals surface area contributed by atoms with Crippen LogP contribution in [0.25, 0.3) is 5.52 Å². The first kappa shape index (κ1) is 34.5. The van der Waals surface area contributed by atoms with Crippen LogP contribution < -0.4 is 15.3 Å². The molecule has 6 atom stereocenters. The fourth-order valence-corrected chi connectivity index (χ4v) is 6.56. The van der Waals surface area contributed by atoms with E-state index in [0.29, 0.717) is 17.8 Å². The third-order valence-electron chi connectivity index (χ3n) is 7.69. The molecule has 1 unspecified atom stereocenters. The second-order valence-electron chi connectivity index (χ2n) is 12.2. The van der Waals surface area contributed by atoms with Gasteiger partial charge in [0, 0.05) is 0 Å². The van der Waals surface area contributed by atoms with Gasteiger partial charge in [-0.05, 0) is 57.5 Å². The number of hydrogen-bond acceptors (Lipinski definition) is 12. The molecule has 5 rings (SSSR count). The number of para-hydroxylation sites is 1. The van der Waals surface area contributed by atoms with E-state index in [9.17, 15) is 19.6 Å². The lowest BCUT2D eigenvalue weighted by molar-refractivity contribution is -0.155. The van der Waals surface area contributed by atoms with Crippen LogP contribution in [0.4, 0.5) is 5.82 Å². The molecule has 0 amide bonds. The van der Waals surface area contributed by atoms with Gasteiger partial charge in [-0.2, -0.15) is 10.2 Å². The standard InChI is InChI=1S/C32H40N5O9P/c1-21(30(40)42-18-31(2,3)43-17-22-11-7-5-8-12-22)36-47(41,46-23-13-9-6-10-14-23)44-19-32(4)28(39)26(38)27(45-32)24-15-16-25-29(33)34-20-35-37(24)25/h5-16,20-21,26-28,38-39H,17-19H2,1-4H3,(H,36,41)(H2,33,34,35)/t21-,26-,27-,28-,32+,47?/m0/s1. The average Bonchev–Trinajstić information content (AvgIpc) is 3.58. The molecule has 0 aliphatic carbocycles. The van der Waals surface area contributed by atoms with E-state index in [1.807, 2.05) is 30.3 Å². The zero-order chi connectivity index (χ0) is 33.8. The molecule has 4 aromatic rings. The molecule has 1 saturated heterocycles. The van der Waals surface area contributed by atoms with Crippen LogP contribution in [0.15, 0.2) is 79.1 Å². The van der Waals surface area contributed by atoms with Crippen LogP contribution in [0.3, 0.4) is 0 Å². The summed E-state index contributed by atoms with van der Waals surface area (Å²) in [5, 5.41) is 28.9. The van der Waals surface area contributed by atoms with Gasteiger partial charge in [0.2, 0.25) is 0 Å². The Morgan fingerprint density at radius 3 is 2.51 bits per heavy atom. The molecule has 2 aromatic carbocycles. The third kappa shape index (κ3) is 8.17. The highest BCUT2D eigenvalue weighted by Crippen LogP contribution is 2.48. The SMILES string of the molecule is C[C@H](NP(=O)(OC[C@@]1(C)O[C@@H](c2ccc3c(N)ncnn23)[C@H](O)[C@@H]1O)Oc1ccccc1)C(=O)OCC(C)(C)OCc1ccccc1. The number of carbonyl (C=O) groups excluding carboxylic acids is 1. The number of rotatable bonds is 14. The van der Waals surface area contributed by atoms with Crippen LogP contribution in [0.2, 0.25) is 0 Å². The number of nitrogens with zero attached hydrogens (tertiary/aromatic N) is 3. The van der Waals surface area contributed by atoms with E-state index >= 15 is 0 Å². The number of ether oxygens (including phenoxy) is 3. The van der Waals surface area contributed by atoms with Crippen LogP contribution in [-0.4, -0.2) is 73.4 Å². The molecule has 1 aliphatic rings. The molecule has 15 heteroatoms. The van der Waals surface area contributed by atoms with Crippen LogP contribution in [0, 0.1) is 0 Å². The number of aliphatic hydroxyl groups excluding tert-OH is 2. The van der Waals surface area contributed by atoms with Crippen molar-refractivity contribution in [1.29, 1.82) is 0 Å². The van der Waals surface area contributed by atoms with Crippen molar-refractivity contribution >= 4 is 25.1 Å². The quantitative estimate of drug-likeness (QED) is 0.113. The number of hydrogen-bond donors (Lipinski definition) is 4. The molecule has 47 heavy (non-hydrogen) atoms. The van der Waals surface area contributed by atoms with Crippen molar-refractivity contribution in [2.75, 3.05) is 18.9 Å². The van der Waals surface area contributed by atoms with E-state index in [1.165, 1.54) is 24.7 Å². The highest BCUT2D eigenvalue weighted by atomic mass is 31.2. The number of nitrogens with one attached hydrogen (secondary N) is 1. The maximum absolute atomic E-state index is 14.1. The zero-order valence-electron chi connectivity index (χ0n) is 26.6. The summed E-state index contributed by atoms with van der Waals surface area (Å²) in [4.78, 5) is 17.0. The molecule has 0 bridgehead atoms. The number of anilines is 1. The summed E-state index contributed by atoms with van der Waals surface area (Å²) in [7, 11) is -4.33. The highest BCUT2D eigenvalue weighted by molar-refractivity contribution is 7.52. The number of carbonyl (C=O) groups is 1. The Morgan fingerprint density at radius 1 is 1.13 bits per heavy atom. The molecule has 0 saturated carbocycles. The molecule has 1 fully saturated rings. The van der Waals surface area contributed by atoms with E-state index in [0.717, 1.165) is 5.56 Å². The first-order chi connectivity index (χ1) is 22.3. The monoisotopic (exact) mass is 669 g/mol. The Balaban J connectivity index is 1.26. The summed E-state index contributed by atoms with van der Waals surface area (Å²) < 4.78 is 44.7. The minimum absolute atomic E-state index is 0.0717. The normalized spacial score (nSPS) is 23.3. The van der Waals surface area contributed by atoms with Crippen molar-refractivity contribution in [3.8, 4) is 5.75 Å². The molecule has 2 aromatic heterocycles. The molecule has 1 aliphatic heterocycles. The van der Waals surface area contributed by atoms with E-state index in [4.69, 9.17) is 29.0 Å². The second kappa shape index (κ2) is 14.1.